The van der Waals surface area contributed by atoms with Gasteiger partial charge < -0.3 is 15.4 Å². The largest absolute Gasteiger partial charge is 0.492 e. The summed E-state index contributed by atoms with van der Waals surface area (Å²) in [6, 6.07) is 7.61. The van der Waals surface area contributed by atoms with Gasteiger partial charge in [-0.1, -0.05) is 31.9 Å². The zero-order valence-electron chi connectivity index (χ0n) is 14.2. The monoisotopic (exact) mass is 328 g/mol. The second-order valence-corrected chi connectivity index (χ2v) is 5.30. The molecule has 2 N–H and O–H groups in total. The van der Waals surface area contributed by atoms with Gasteiger partial charge in [-0.15, -0.1) is 0 Å². The molecule has 1 heterocycles. The fourth-order valence-corrected chi connectivity index (χ4v) is 2.17. The van der Waals surface area contributed by atoms with Gasteiger partial charge in [-0.2, -0.15) is 0 Å². The molecule has 0 aliphatic carbocycles. The molecule has 0 saturated carbocycles. The number of nitrogens with zero attached hydrogens (tertiary/aromatic N) is 2. The summed E-state index contributed by atoms with van der Waals surface area (Å²) in [4.78, 5) is 20.4. The van der Waals surface area contributed by atoms with Crippen LogP contribution >= 0.6 is 0 Å². The Hall–Kier alpha value is -2.63. The van der Waals surface area contributed by atoms with Gasteiger partial charge in [0.25, 0.3) is 5.91 Å². The third-order valence-electron chi connectivity index (χ3n) is 3.40. The Morgan fingerprint density at radius 3 is 2.67 bits per heavy atom. The van der Waals surface area contributed by atoms with Crippen molar-refractivity contribution in [1.29, 1.82) is 0 Å². The van der Waals surface area contributed by atoms with Crippen LogP contribution in [0.15, 0.2) is 36.7 Å². The van der Waals surface area contributed by atoms with E-state index in [0.29, 0.717) is 24.7 Å². The van der Waals surface area contributed by atoms with E-state index in [1.54, 1.807) is 6.20 Å². The molecule has 0 saturated heterocycles. The van der Waals surface area contributed by atoms with E-state index in [0.717, 1.165) is 30.7 Å². The van der Waals surface area contributed by atoms with Crippen molar-refractivity contribution in [3.8, 4) is 5.75 Å². The molecule has 6 heteroatoms. The summed E-state index contributed by atoms with van der Waals surface area (Å²) in [5.74, 6) is 1.11. The van der Waals surface area contributed by atoms with E-state index in [4.69, 9.17) is 4.74 Å². The molecule has 2 aromatic rings. The summed E-state index contributed by atoms with van der Waals surface area (Å²) >= 11 is 0. The van der Waals surface area contributed by atoms with E-state index >= 15 is 0 Å². The molecule has 1 amide bonds. The van der Waals surface area contributed by atoms with Crippen LogP contribution in [0, 0.1) is 0 Å². The van der Waals surface area contributed by atoms with Gasteiger partial charge in [0.15, 0.2) is 0 Å². The van der Waals surface area contributed by atoms with Gasteiger partial charge in [-0.05, 0) is 25.5 Å². The molecular weight excluding hydrogens is 304 g/mol. The highest BCUT2D eigenvalue weighted by atomic mass is 16.5. The summed E-state index contributed by atoms with van der Waals surface area (Å²) < 4.78 is 5.56. The predicted molar refractivity (Wildman–Crippen MR) is 94.8 cm³/mol. The molecule has 0 aliphatic rings. The summed E-state index contributed by atoms with van der Waals surface area (Å²) in [6.45, 7) is 5.31. The first kappa shape index (κ1) is 17.7. The number of rotatable bonds is 9. The lowest BCUT2D eigenvalue weighted by atomic mass is 10.2. The van der Waals surface area contributed by atoms with E-state index in [2.05, 4.69) is 27.5 Å². The molecule has 24 heavy (non-hydrogen) atoms. The SMILES string of the molecule is CCCCCNC(=O)c1cnc(Nc2ccccc2OCC)cn1. The quantitative estimate of drug-likeness (QED) is 0.689. The van der Waals surface area contributed by atoms with Crippen molar-refractivity contribution in [2.75, 3.05) is 18.5 Å². The number of ether oxygens (including phenoxy) is 1. The highest BCUT2D eigenvalue weighted by Crippen LogP contribution is 2.26. The molecule has 0 radical (unpaired) electrons. The molecule has 1 aromatic carbocycles. The number of hydrogen-bond donors (Lipinski definition) is 2. The van der Waals surface area contributed by atoms with Crippen molar-refractivity contribution >= 4 is 17.4 Å². The molecular formula is C18H24N4O2. The number of anilines is 2. The van der Waals surface area contributed by atoms with Crippen molar-refractivity contribution in [2.45, 2.75) is 33.1 Å². The molecule has 128 valence electrons. The maximum atomic E-state index is 12.0. The molecule has 1 aromatic heterocycles. The number of nitrogens with one attached hydrogen (secondary N) is 2. The van der Waals surface area contributed by atoms with Crippen LogP contribution in [-0.4, -0.2) is 29.0 Å². The van der Waals surface area contributed by atoms with Crippen LogP contribution in [0.3, 0.4) is 0 Å². The molecule has 0 bridgehead atoms. The average molecular weight is 328 g/mol. The van der Waals surface area contributed by atoms with Gasteiger partial charge in [-0.25, -0.2) is 9.97 Å². The van der Waals surface area contributed by atoms with Gasteiger partial charge in [0.05, 0.1) is 24.7 Å². The fraction of sp³-hybridized carbons (Fsp3) is 0.389. The van der Waals surface area contributed by atoms with Crippen LogP contribution in [0.1, 0.15) is 43.6 Å². The van der Waals surface area contributed by atoms with E-state index in [1.807, 2.05) is 31.2 Å². The Balaban J connectivity index is 1.96. The van der Waals surface area contributed by atoms with Crippen LogP contribution in [-0.2, 0) is 0 Å². The standard InChI is InChI=1S/C18H24N4O2/c1-3-5-8-11-19-18(23)15-12-21-17(13-20-15)22-14-9-6-7-10-16(14)24-4-2/h6-7,9-10,12-13H,3-5,8,11H2,1-2H3,(H,19,23)(H,21,22). The number of benzene rings is 1. The normalized spacial score (nSPS) is 10.2. The van der Waals surface area contributed by atoms with Gasteiger partial charge in [0, 0.05) is 6.54 Å². The van der Waals surface area contributed by atoms with Gasteiger partial charge in [0.1, 0.15) is 17.3 Å². The lowest BCUT2D eigenvalue weighted by molar-refractivity contribution is 0.0947. The van der Waals surface area contributed by atoms with Crippen molar-refractivity contribution in [1.82, 2.24) is 15.3 Å². The molecule has 0 unspecified atom stereocenters. The Morgan fingerprint density at radius 1 is 1.12 bits per heavy atom. The summed E-state index contributed by atoms with van der Waals surface area (Å²) in [5.41, 5.74) is 1.13. The molecule has 0 spiro atoms. The van der Waals surface area contributed by atoms with Crippen molar-refractivity contribution in [3.05, 3.63) is 42.4 Å². The smallest absolute Gasteiger partial charge is 0.271 e. The first-order valence-corrected chi connectivity index (χ1v) is 8.33. The highest BCUT2D eigenvalue weighted by molar-refractivity contribution is 5.92. The topological polar surface area (TPSA) is 76.1 Å². The predicted octanol–water partition coefficient (Wildman–Crippen LogP) is 3.54. The Bertz CT molecular complexity index is 644. The average Bonchev–Trinajstić information content (AvgIpc) is 2.61. The lowest BCUT2D eigenvalue weighted by Gasteiger charge is -2.11. The zero-order valence-corrected chi connectivity index (χ0v) is 14.2. The van der Waals surface area contributed by atoms with E-state index < -0.39 is 0 Å². The maximum Gasteiger partial charge on any atom is 0.271 e. The van der Waals surface area contributed by atoms with E-state index in [-0.39, 0.29) is 5.91 Å². The summed E-state index contributed by atoms with van der Waals surface area (Å²) in [6.07, 6.45) is 6.22. The van der Waals surface area contributed by atoms with Crippen molar-refractivity contribution in [3.63, 3.8) is 0 Å². The number of amides is 1. The second-order valence-electron chi connectivity index (χ2n) is 5.30. The van der Waals surface area contributed by atoms with Gasteiger partial charge >= 0.3 is 0 Å². The van der Waals surface area contributed by atoms with Crippen LogP contribution in [0.25, 0.3) is 0 Å². The van der Waals surface area contributed by atoms with Gasteiger partial charge in [0.2, 0.25) is 0 Å². The first-order chi connectivity index (χ1) is 11.7. The third-order valence-corrected chi connectivity index (χ3v) is 3.40. The Morgan fingerprint density at radius 2 is 1.96 bits per heavy atom. The lowest BCUT2D eigenvalue weighted by Crippen LogP contribution is -2.25. The summed E-state index contributed by atoms with van der Waals surface area (Å²) in [7, 11) is 0. The van der Waals surface area contributed by atoms with Crippen LogP contribution in [0.4, 0.5) is 11.5 Å². The number of carbonyl (C=O) groups is 1. The molecule has 0 aliphatic heterocycles. The summed E-state index contributed by atoms with van der Waals surface area (Å²) in [5, 5.41) is 6.00. The van der Waals surface area contributed by atoms with E-state index in [9.17, 15) is 4.79 Å². The Labute approximate surface area is 142 Å². The minimum Gasteiger partial charge on any atom is -0.492 e. The van der Waals surface area contributed by atoms with Crippen LogP contribution in [0.5, 0.6) is 5.75 Å². The van der Waals surface area contributed by atoms with E-state index in [1.165, 1.54) is 6.20 Å². The van der Waals surface area contributed by atoms with Crippen LogP contribution in [0.2, 0.25) is 0 Å². The molecule has 0 fully saturated rings. The number of hydrogen-bond acceptors (Lipinski definition) is 5. The molecule has 0 atom stereocenters. The molecule has 2 rings (SSSR count). The first-order valence-electron chi connectivity index (χ1n) is 8.33. The van der Waals surface area contributed by atoms with Crippen LogP contribution < -0.4 is 15.4 Å². The third kappa shape index (κ3) is 5.22. The van der Waals surface area contributed by atoms with Crippen molar-refractivity contribution in [2.24, 2.45) is 0 Å². The van der Waals surface area contributed by atoms with Crippen molar-refractivity contribution < 1.29 is 9.53 Å². The number of unbranched alkanes of at least 4 members (excludes halogenated alkanes) is 2. The minimum atomic E-state index is -0.195. The zero-order chi connectivity index (χ0) is 17.2. The van der Waals surface area contributed by atoms with Gasteiger partial charge in [-0.3, -0.25) is 4.79 Å². The second kappa shape index (κ2) is 9.50. The number of para-hydroxylation sites is 2. The fourth-order valence-electron chi connectivity index (χ4n) is 2.17. The number of carbonyl (C=O) groups excluding carboxylic acids is 1. The maximum absolute atomic E-state index is 12.0. The highest BCUT2D eigenvalue weighted by Gasteiger charge is 2.08. The number of aromatic nitrogens is 2. The Kier molecular flexibility index (Phi) is 7.01. The minimum absolute atomic E-state index is 0.195. The molecule has 6 nitrogen and oxygen atoms in total.